The summed E-state index contributed by atoms with van der Waals surface area (Å²) < 4.78 is 10.2. The largest absolute Gasteiger partial charge is 0.382 e. The summed E-state index contributed by atoms with van der Waals surface area (Å²) in [6.45, 7) is 3.72. The second-order valence-electron chi connectivity index (χ2n) is 3.23. The van der Waals surface area contributed by atoms with Crippen molar-refractivity contribution in [3.63, 3.8) is 0 Å². The van der Waals surface area contributed by atoms with Crippen molar-refractivity contribution in [2.24, 2.45) is 0 Å². The monoisotopic (exact) mass is 226 g/mol. The van der Waals surface area contributed by atoms with E-state index in [-0.39, 0.29) is 5.95 Å². The third-order valence-electron chi connectivity index (χ3n) is 1.96. The van der Waals surface area contributed by atoms with E-state index in [2.05, 4.69) is 15.0 Å². The van der Waals surface area contributed by atoms with Crippen molar-refractivity contribution in [2.45, 2.75) is 19.8 Å². The fourth-order valence-corrected chi connectivity index (χ4v) is 1.17. The number of aryl methyl sites for hydroxylation is 1. The lowest BCUT2D eigenvalue weighted by Crippen LogP contribution is -2.10. The highest BCUT2D eigenvalue weighted by atomic mass is 16.5. The topological polar surface area (TPSA) is 83.2 Å². The van der Waals surface area contributed by atoms with E-state index >= 15 is 0 Å². The van der Waals surface area contributed by atoms with Gasteiger partial charge < -0.3 is 15.2 Å². The molecular weight excluding hydrogens is 208 g/mol. The van der Waals surface area contributed by atoms with E-state index in [1.54, 1.807) is 7.11 Å². The molecule has 1 heterocycles. The predicted octanol–water partition coefficient (Wildman–Crippen LogP) is 0.222. The summed E-state index contributed by atoms with van der Waals surface area (Å²) in [4.78, 5) is 12.3. The van der Waals surface area contributed by atoms with Crippen LogP contribution in [0.1, 0.15) is 18.6 Å². The maximum atomic E-state index is 5.56. The Hall–Kier alpha value is -1.27. The zero-order valence-corrected chi connectivity index (χ0v) is 9.77. The van der Waals surface area contributed by atoms with Crippen LogP contribution in [0.25, 0.3) is 0 Å². The Morgan fingerprint density at radius 3 is 2.50 bits per heavy atom. The highest BCUT2D eigenvalue weighted by Crippen LogP contribution is 1.99. The van der Waals surface area contributed by atoms with Crippen molar-refractivity contribution in [1.82, 2.24) is 15.0 Å². The first-order valence-electron chi connectivity index (χ1n) is 5.32. The van der Waals surface area contributed by atoms with Crippen molar-refractivity contribution in [3.05, 3.63) is 11.6 Å². The number of hydrogen-bond donors (Lipinski definition) is 1. The van der Waals surface area contributed by atoms with Crippen LogP contribution in [0.5, 0.6) is 0 Å². The van der Waals surface area contributed by atoms with Crippen molar-refractivity contribution < 1.29 is 9.47 Å². The summed E-state index contributed by atoms with van der Waals surface area (Å²) in [6.07, 6.45) is 1.40. The molecule has 0 saturated carbocycles. The quantitative estimate of drug-likeness (QED) is 0.670. The van der Waals surface area contributed by atoms with Gasteiger partial charge >= 0.3 is 0 Å². The summed E-state index contributed by atoms with van der Waals surface area (Å²) >= 11 is 0. The van der Waals surface area contributed by atoms with Gasteiger partial charge in [0.15, 0.2) is 0 Å². The number of nitrogens with two attached hydrogens (primary N) is 1. The van der Waals surface area contributed by atoms with E-state index in [9.17, 15) is 0 Å². The molecule has 2 N–H and O–H groups in total. The van der Waals surface area contributed by atoms with Crippen molar-refractivity contribution in [2.75, 3.05) is 32.7 Å². The zero-order valence-electron chi connectivity index (χ0n) is 9.77. The number of aromatic nitrogens is 3. The molecule has 1 aromatic heterocycles. The van der Waals surface area contributed by atoms with Gasteiger partial charge in [0.25, 0.3) is 0 Å². The number of nitrogens with zero attached hydrogens (tertiary/aromatic N) is 3. The Bertz CT molecular complexity index is 320. The molecule has 0 saturated heterocycles. The van der Waals surface area contributed by atoms with Gasteiger partial charge in [-0.2, -0.15) is 9.97 Å². The Kier molecular flexibility index (Phi) is 5.66. The molecule has 0 bridgehead atoms. The molecule has 0 aliphatic carbocycles. The third kappa shape index (κ3) is 4.50. The molecule has 1 rings (SSSR count). The number of anilines is 1. The smallest absolute Gasteiger partial charge is 0.223 e. The Morgan fingerprint density at radius 1 is 1.06 bits per heavy atom. The minimum atomic E-state index is 0.277. The normalized spacial score (nSPS) is 10.6. The van der Waals surface area contributed by atoms with Crippen LogP contribution in [0.15, 0.2) is 0 Å². The number of rotatable bonds is 7. The van der Waals surface area contributed by atoms with Crippen LogP contribution in [-0.2, 0) is 22.3 Å². The number of ether oxygens (including phenoxy) is 2. The molecule has 0 aromatic carbocycles. The first kappa shape index (κ1) is 12.8. The number of hydrogen-bond acceptors (Lipinski definition) is 6. The average Bonchev–Trinajstić information content (AvgIpc) is 2.28. The van der Waals surface area contributed by atoms with Crippen molar-refractivity contribution >= 4 is 5.95 Å². The summed E-state index contributed by atoms with van der Waals surface area (Å²) in [6, 6.07) is 0. The minimum absolute atomic E-state index is 0.277. The van der Waals surface area contributed by atoms with Crippen LogP contribution in [0.3, 0.4) is 0 Å². The van der Waals surface area contributed by atoms with Gasteiger partial charge in [0, 0.05) is 20.0 Å². The Morgan fingerprint density at radius 2 is 1.81 bits per heavy atom. The Balaban J connectivity index is 2.38. The average molecular weight is 226 g/mol. The van der Waals surface area contributed by atoms with Gasteiger partial charge in [-0.05, 0) is 0 Å². The fourth-order valence-electron chi connectivity index (χ4n) is 1.17. The van der Waals surface area contributed by atoms with Gasteiger partial charge in [-0.25, -0.2) is 4.98 Å². The van der Waals surface area contributed by atoms with Crippen molar-refractivity contribution in [1.29, 1.82) is 0 Å². The van der Waals surface area contributed by atoms with E-state index in [0.717, 1.165) is 12.2 Å². The fraction of sp³-hybridized carbons (Fsp3) is 0.700. The molecule has 1 aromatic rings. The molecule has 0 aliphatic rings. The molecule has 0 radical (unpaired) electrons. The van der Waals surface area contributed by atoms with Crippen LogP contribution in [0, 0.1) is 0 Å². The molecule has 16 heavy (non-hydrogen) atoms. The van der Waals surface area contributed by atoms with Gasteiger partial charge in [0.1, 0.15) is 11.6 Å². The molecule has 0 atom stereocenters. The van der Waals surface area contributed by atoms with Gasteiger partial charge in [-0.1, -0.05) is 6.92 Å². The lowest BCUT2D eigenvalue weighted by molar-refractivity contribution is 0.0716. The minimum Gasteiger partial charge on any atom is -0.382 e. The Labute approximate surface area is 95.2 Å². The van der Waals surface area contributed by atoms with E-state index in [4.69, 9.17) is 15.2 Å². The van der Waals surface area contributed by atoms with Crippen LogP contribution in [-0.4, -0.2) is 41.9 Å². The van der Waals surface area contributed by atoms with Crippen LogP contribution in [0.2, 0.25) is 0 Å². The van der Waals surface area contributed by atoms with Gasteiger partial charge in [-0.3, -0.25) is 0 Å². The molecular formula is C10H18N4O2. The maximum Gasteiger partial charge on any atom is 0.223 e. The standard InChI is InChI=1S/C10H18N4O2/c1-3-8-12-9(14-10(11)13-8)4-5-16-7-6-15-2/h3-7H2,1-2H3,(H2,11,12,13,14). The maximum absolute atomic E-state index is 5.56. The van der Waals surface area contributed by atoms with Gasteiger partial charge in [0.2, 0.25) is 5.95 Å². The van der Waals surface area contributed by atoms with Crippen LogP contribution in [0.4, 0.5) is 5.95 Å². The van der Waals surface area contributed by atoms with Gasteiger partial charge in [-0.15, -0.1) is 0 Å². The number of methoxy groups -OCH3 is 1. The summed E-state index contributed by atoms with van der Waals surface area (Å²) in [5, 5.41) is 0. The lowest BCUT2D eigenvalue weighted by atomic mass is 10.4. The lowest BCUT2D eigenvalue weighted by Gasteiger charge is -2.04. The molecule has 90 valence electrons. The first-order chi connectivity index (χ1) is 7.76. The molecule has 0 amide bonds. The molecule has 6 heteroatoms. The molecule has 6 nitrogen and oxygen atoms in total. The second-order valence-corrected chi connectivity index (χ2v) is 3.23. The molecule has 0 fully saturated rings. The summed E-state index contributed by atoms with van der Waals surface area (Å²) in [5.74, 6) is 1.68. The SMILES string of the molecule is CCc1nc(N)nc(CCOCCOC)n1. The van der Waals surface area contributed by atoms with E-state index in [1.165, 1.54) is 0 Å². The van der Waals surface area contributed by atoms with Crippen LogP contribution < -0.4 is 5.73 Å². The van der Waals surface area contributed by atoms with E-state index in [0.29, 0.717) is 32.1 Å². The van der Waals surface area contributed by atoms with E-state index in [1.807, 2.05) is 6.92 Å². The zero-order chi connectivity index (χ0) is 11.8. The first-order valence-corrected chi connectivity index (χ1v) is 5.32. The van der Waals surface area contributed by atoms with Crippen molar-refractivity contribution in [3.8, 4) is 0 Å². The highest BCUT2D eigenvalue weighted by Gasteiger charge is 2.02. The third-order valence-corrected chi connectivity index (χ3v) is 1.96. The highest BCUT2D eigenvalue weighted by molar-refractivity contribution is 5.15. The van der Waals surface area contributed by atoms with E-state index < -0.39 is 0 Å². The number of nitrogen functional groups attached to an aromatic ring is 1. The molecule has 0 aliphatic heterocycles. The van der Waals surface area contributed by atoms with Crippen LogP contribution >= 0.6 is 0 Å². The molecule has 0 spiro atoms. The summed E-state index contributed by atoms with van der Waals surface area (Å²) in [5.41, 5.74) is 5.56. The summed E-state index contributed by atoms with van der Waals surface area (Å²) in [7, 11) is 1.64. The second kappa shape index (κ2) is 7.08. The molecule has 0 unspecified atom stereocenters. The predicted molar refractivity (Wildman–Crippen MR) is 60.0 cm³/mol. The van der Waals surface area contributed by atoms with Gasteiger partial charge in [0.05, 0.1) is 19.8 Å².